The average Bonchev–Trinajstić information content (AvgIpc) is 3.18. The minimum Gasteiger partial charge on any atom is -0.365 e. The van der Waals surface area contributed by atoms with Gasteiger partial charge in [-0.3, -0.25) is 0 Å². The van der Waals surface area contributed by atoms with Crippen LogP contribution >= 0.6 is 0 Å². The van der Waals surface area contributed by atoms with Gasteiger partial charge in [0.15, 0.2) is 5.65 Å². The van der Waals surface area contributed by atoms with Gasteiger partial charge in [-0.25, -0.2) is 14.6 Å². The average molecular weight is 384 g/mol. The Morgan fingerprint density at radius 3 is 2.55 bits per heavy atom. The molecular formula is C23H24N6. The highest BCUT2D eigenvalue weighted by Crippen LogP contribution is 2.28. The van der Waals surface area contributed by atoms with E-state index in [0.29, 0.717) is 6.04 Å². The van der Waals surface area contributed by atoms with E-state index in [1.54, 1.807) is 6.33 Å². The molecule has 0 aliphatic carbocycles. The molecule has 1 fully saturated rings. The van der Waals surface area contributed by atoms with Crippen molar-refractivity contribution in [3.8, 4) is 5.69 Å². The number of hydrogen-bond donors (Lipinski definition) is 0. The van der Waals surface area contributed by atoms with Crippen molar-refractivity contribution in [1.29, 1.82) is 0 Å². The summed E-state index contributed by atoms with van der Waals surface area (Å²) < 4.78 is 1.88. The molecule has 4 aromatic rings. The van der Waals surface area contributed by atoms with Crippen molar-refractivity contribution in [2.24, 2.45) is 0 Å². The van der Waals surface area contributed by atoms with E-state index >= 15 is 0 Å². The van der Waals surface area contributed by atoms with Gasteiger partial charge >= 0.3 is 0 Å². The van der Waals surface area contributed by atoms with Crippen molar-refractivity contribution < 1.29 is 0 Å². The van der Waals surface area contributed by atoms with Gasteiger partial charge in [0.25, 0.3) is 0 Å². The van der Waals surface area contributed by atoms with Gasteiger partial charge in [0.2, 0.25) is 0 Å². The minimum absolute atomic E-state index is 0.389. The normalized spacial score (nSPS) is 17.1. The number of aryl methyl sites for hydroxylation is 1. The molecule has 1 aliphatic rings. The van der Waals surface area contributed by atoms with Crippen LogP contribution in [0.4, 0.5) is 11.5 Å². The summed E-state index contributed by atoms with van der Waals surface area (Å²) in [4.78, 5) is 14.0. The summed E-state index contributed by atoms with van der Waals surface area (Å²) in [6.07, 6.45) is 3.53. The van der Waals surface area contributed by atoms with Crippen molar-refractivity contribution >= 4 is 22.5 Å². The molecule has 0 saturated carbocycles. The first-order valence-corrected chi connectivity index (χ1v) is 10.0. The van der Waals surface area contributed by atoms with Crippen molar-refractivity contribution in [3.05, 3.63) is 72.7 Å². The Morgan fingerprint density at radius 2 is 1.76 bits per heavy atom. The lowest BCUT2D eigenvalue weighted by Gasteiger charge is -2.42. The summed E-state index contributed by atoms with van der Waals surface area (Å²) in [6.45, 7) is 7.22. The maximum atomic E-state index is 4.63. The first-order valence-electron chi connectivity index (χ1n) is 10.0. The number of hydrogen-bond acceptors (Lipinski definition) is 5. The molecule has 0 spiro atoms. The van der Waals surface area contributed by atoms with Gasteiger partial charge in [0, 0.05) is 31.4 Å². The molecule has 0 N–H and O–H groups in total. The molecule has 0 unspecified atom stereocenters. The van der Waals surface area contributed by atoms with Gasteiger partial charge in [0.1, 0.15) is 12.1 Å². The number of nitrogens with zero attached hydrogens (tertiary/aromatic N) is 6. The van der Waals surface area contributed by atoms with Crippen molar-refractivity contribution in [2.75, 3.05) is 29.4 Å². The fraction of sp³-hybridized carbons (Fsp3) is 0.261. The van der Waals surface area contributed by atoms with Crippen LogP contribution in [-0.2, 0) is 0 Å². The second kappa shape index (κ2) is 7.20. The molecule has 29 heavy (non-hydrogen) atoms. The fourth-order valence-corrected chi connectivity index (χ4v) is 4.18. The zero-order valence-corrected chi connectivity index (χ0v) is 16.7. The van der Waals surface area contributed by atoms with E-state index in [-0.39, 0.29) is 0 Å². The van der Waals surface area contributed by atoms with Crippen LogP contribution in [0.5, 0.6) is 0 Å². The van der Waals surface area contributed by atoms with Crippen LogP contribution < -0.4 is 9.80 Å². The second-order valence-electron chi connectivity index (χ2n) is 7.65. The molecule has 2 aromatic carbocycles. The standard InChI is InChI=1S/C23H24N6/c1-17-7-6-10-20(13-17)28-12-11-27(15-18(28)2)22-21-14-26-29(23(21)25-16-24-22)19-8-4-3-5-9-19/h3-10,13-14,16,18H,11-12,15H2,1-2H3/t18-/m0/s1. The molecule has 3 heterocycles. The summed E-state index contributed by atoms with van der Waals surface area (Å²) in [5.74, 6) is 0.966. The first kappa shape index (κ1) is 17.7. The Bertz CT molecular complexity index is 1140. The van der Waals surface area contributed by atoms with E-state index in [4.69, 9.17) is 0 Å². The van der Waals surface area contributed by atoms with Crippen molar-refractivity contribution in [1.82, 2.24) is 19.7 Å². The van der Waals surface area contributed by atoms with Gasteiger partial charge < -0.3 is 9.80 Å². The molecule has 2 aromatic heterocycles. The zero-order valence-electron chi connectivity index (χ0n) is 16.7. The lowest BCUT2D eigenvalue weighted by atomic mass is 10.1. The SMILES string of the molecule is Cc1cccc(N2CCN(c3ncnc4c3cnn4-c3ccccc3)C[C@@H]2C)c1. The molecule has 0 amide bonds. The van der Waals surface area contributed by atoms with Gasteiger partial charge in [-0.15, -0.1) is 0 Å². The van der Waals surface area contributed by atoms with Crippen LogP contribution in [0.1, 0.15) is 12.5 Å². The fourth-order valence-electron chi connectivity index (χ4n) is 4.18. The molecule has 6 nitrogen and oxygen atoms in total. The van der Waals surface area contributed by atoms with E-state index in [2.05, 4.69) is 63.0 Å². The minimum atomic E-state index is 0.389. The lowest BCUT2D eigenvalue weighted by molar-refractivity contribution is 0.548. The summed E-state index contributed by atoms with van der Waals surface area (Å²) >= 11 is 0. The van der Waals surface area contributed by atoms with Crippen molar-refractivity contribution in [3.63, 3.8) is 0 Å². The van der Waals surface area contributed by atoms with Crippen LogP contribution in [0.25, 0.3) is 16.7 Å². The van der Waals surface area contributed by atoms with Crippen LogP contribution in [0.2, 0.25) is 0 Å². The van der Waals surface area contributed by atoms with E-state index in [1.807, 2.05) is 41.2 Å². The number of aromatic nitrogens is 4. The number of anilines is 2. The molecule has 1 saturated heterocycles. The third kappa shape index (κ3) is 3.20. The molecule has 6 heteroatoms. The highest BCUT2D eigenvalue weighted by molar-refractivity contribution is 5.87. The zero-order chi connectivity index (χ0) is 19.8. The molecule has 1 atom stereocenters. The lowest BCUT2D eigenvalue weighted by Crippen LogP contribution is -2.52. The van der Waals surface area contributed by atoms with Crippen LogP contribution in [0.15, 0.2) is 67.1 Å². The summed E-state index contributed by atoms with van der Waals surface area (Å²) in [5, 5.41) is 5.58. The Balaban J connectivity index is 1.44. The number of para-hydroxylation sites is 1. The van der Waals surface area contributed by atoms with Gasteiger partial charge in [-0.05, 0) is 43.7 Å². The first-order chi connectivity index (χ1) is 14.2. The predicted octanol–water partition coefficient (Wildman–Crippen LogP) is 3.84. The van der Waals surface area contributed by atoms with Crippen LogP contribution in [0, 0.1) is 6.92 Å². The molecule has 146 valence electrons. The largest absolute Gasteiger partial charge is 0.365 e. The van der Waals surface area contributed by atoms with Crippen molar-refractivity contribution in [2.45, 2.75) is 19.9 Å². The third-order valence-electron chi connectivity index (χ3n) is 5.61. The number of fused-ring (bicyclic) bond motifs is 1. The predicted molar refractivity (Wildman–Crippen MR) is 117 cm³/mol. The molecular weight excluding hydrogens is 360 g/mol. The Labute approximate surface area is 170 Å². The Hall–Kier alpha value is -3.41. The number of rotatable bonds is 3. The van der Waals surface area contributed by atoms with E-state index < -0.39 is 0 Å². The van der Waals surface area contributed by atoms with Crippen LogP contribution in [0.3, 0.4) is 0 Å². The number of benzene rings is 2. The third-order valence-corrected chi connectivity index (χ3v) is 5.61. The maximum Gasteiger partial charge on any atom is 0.168 e. The highest BCUT2D eigenvalue weighted by atomic mass is 15.3. The van der Waals surface area contributed by atoms with Gasteiger partial charge in [0.05, 0.1) is 17.3 Å². The smallest absolute Gasteiger partial charge is 0.168 e. The topological polar surface area (TPSA) is 50.1 Å². The molecule has 5 rings (SSSR count). The van der Waals surface area contributed by atoms with E-state index in [0.717, 1.165) is 42.2 Å². The summed E-state index contributed by atoms with van der Waals surface area (Å²) in [7, 11) is 0. The van der Waals surface area contributed by atoms with E-state index in [1.165, 1.54) is 11.3 Å². The summed E-state index contributed by atoms with van der Waals surface area (Å²) in [5.41, 5.74) is 4.43. The Kier molecular flexibility index (Phi) is 4.39. The second-order valence-corrected chi connectivity index (χ2v) is 7.65. The number of piperazine rings is 1. The van der Waals surface area contributed by atoms with Gasteiger partial charge in [-0.1, -0.05) is 30.3 Å². The summed E-state index contributed by atoms with van der Waals surface area (Å²) in [6, 6.07) is 19.2. The molecule has 1 aliphatic heterocycles. The quantitative estimate of drug-likeness (QED) is 0.537. The highest BCUT2D eigenvalue weighted by Gasteiger charge is 2.26. The van der Waals surface area contributed by atoms with Crippen LogP contribution in [-0.4, -0.2) is 45.4 Å². The van der Waals surface area contributed by atoms with E-state index in [9.17, 15) is 0 Å². The monoisotopic (exact) mass is 384 g/mol. The van der Waals surface area contributed by atoms with Gasteiger partial charge in [-0.2, -0.15) is 5.10 Å². The molecule has 0 radical (unpaired) electrons. The Morgan fingerprint density at radius 1 is 0.931 bits per heavy atom. The molecule has 0 bridgehead atoms. The maximum absolute atomic E-state index is 4.63.